The molecule has 96 valence electrons. The minimum absolute atomic E-state index is 0.522. The lowest BCUT2D eigenvalue weighted by Gasteiger charge is -2.12. The van der Waals surface area contributed by atoms with Gasteiger partial charge in [-0.2, -0.15) is 0 Å². The average Bonchev–Trinajstić information content (AvgIpc) is 2.31. The van der Waals surface area contributed by atoms with E-state index in [0.29, 0.717) is 24.7 Å². The largest absolute Gasteiger partial charge is 0.488 e. The summed E-state index contributed by atoms with van der Waals surface area (Å²) in [6, 6.07) is 3.99. The van der Waals surface area contributed by atoms with E-state index in [2.05, 4.69) is 29.8 Å². The number of hydrogen-bond acceptors (Lipinski definition) is 3. The molecule has 1 rings (SSSR count). The van der Waals surface area contributed by atoms with Crippen LogP contribution in [0.4, 0.5) is 5.69 Å². The lowest BCUT2D eigenvalue weighted by atomic mass is 10.1. The van der Waals surface area contributed by atoms with E-state index < -0.39 is 0 Å². The Bertz CT molecular complexity index is 332. The first-order valence-corrected chi connectivity index (χ1v) is 6.76. The fourth-order valence-electron chi connectivity index (χ4n) is 1.48. The highest BCUT2D eigenvalue weighted by Crippen LogP contribution is 2.32. The summed E-state index contributed by atoms with van der Waals surface area (Å²) in [4.78, 5) is 0. The van der Waals surface area contributed by atoms with Gasteiger partial charge in [-0.15, -0.1) is 0 Å². The summed E-state index contributed by atoms with van der Waals surface area (Å²) in [5.41, 5.74) is 7.81. The molecule has 4 heteroatoms. The quantitative estimate of drug-likeness (QED) is 0.620. The molecular formula is C13H20BrNO2. The number of rotatable bonds is 7. The van der Waals surface area contributed by atoms with Gasteiger partial charge in [-0.05, 0) is 46.5 Å². The van der Waals surface area contributed by atoms with Crippen molar-refractivity contribution in [1.82, 2.24) is 0 Å². The Labute approximate surface area is 111 Å². The van der Waals surface area contributed by atoms with Crippen molar-refractivity contribution in [2.24, 2.45) is 0 Å². The second-order valence-corrected chi connectivity index (χ2v) is 4.66. The maximum atomic E-state index is 5.94. The Kier molecular flexibility index (Phi) is 6.37. The number of aryl methyl sites for hydroxylation is 1. The minimum atomic E-state index is 0.522. The van der Waals surface area contributed by atoms with Crippen molar-refractivity contribution < 1.29 is 9.47 Å². The van der Waals surface area contributed by atoms with Crippen molar-refractivity contribution in [3.63, 3.8) is 0 Å². The summed E-state index contributed by atoms with van der Waals surface area (Å²) < 4.78 is 11.9. The van der Waals surface area contributed by atoms with E-state index in [1.165, 1.54) is 5.56 Å². The Hall–Kier alpha value is -0.740. The molecule has 0 saturated carbocycles. The number of anilines is 1. The zero-order valence-electron chi connectivity index (χ0n) is 10.5. The third-order valence-electron chi connectivity index (χ3n) is 2.36. The van der Waals surface area contributed by atoms with E-state index in [1.807, 2.05) is 12.1 Å². The van der Waals surface area contributed by atoms with Crippen molar-refractivity contribution in [3.8, 4) is 5.75 Å². The smallest absolute Gasteiger partial charge is 0.156 e. The van der Waals surface area contributed by atoms with E-state index in [0.717, 1.165) is 23.9 Å². The normalized spacial score (nSPS) is 10.5. The zero-order chi connectivity index (χ0) is 12.7. The van der Waals surface area contributed by atoms with E-state index in [9.17, 15) is 0 Å². The highest BCUT2D eigenvalue weighted by atomic mass is 79.9. The second-order valence-electron chi connectivity index (χ2n) is 3.81. The van der Waals surface area contributed by atoms with Gasteiger partial charge in [0.05, 0.1) is 16.8 Å². The predicted octanol–water partition coefficient (Wildman–Crippen LogP) is 3.40. The van der Waals surface area contributed by atoms with Crippen molar-refractivity contribution in [2.45, 2.75) is 26.7 Å². The van der Waals surface area contributed by atoms with Crippen molar-refractivity contribution >= 4 is 21.6 Å². The molecule has 0 radical (unpaired) electrons. The third kappa shape index (κ3) is 4.56. The van der Waals surface area contributed by atoms with Gasteiger partial charge in [0, 0.05) is 6.61 Å². The molecule has 0 saturated heterocycles. The van der Waals surface area contributed by atoms with Crippen LogP contribution in [0.5, 0.6) is 5.75 Å². The molecule has 0 bridgehead atoms. The Balaban J connectivity index is 2.53. The molecule has 2 N–H and O–H groups in total. The molecule has 1 aromatic rings. The summed E-state index contributed by atoms with van der Waals surface area (Å²) in [7, 11) is 0. The van der Waals surface area contributed by atoms with Gasteiger partial charge in [0.25, 0.3) is 0 Å². The first-order valence-electron chi connectivity index (χ1n) is 5.97. The molecule has 0 aliphatic rings. The summed E-state index contributed by atoms with van der Waals surface area (Å²) in [5.74, 6) is 0.710. The molecule has 3 nitrogen and oxygen atoms in total. The standard InChI is InChI=1S/C13H20BrNO2/c1-3-5-16-6-7-17-13-11(14)8-10(4-2)9-12(13)15/h8-9H,3-7,15H2,1-2H3. The van der Waals surface area contributed by atoms with Crippen LogP contribution in [0.25, 0.3) is 0 Å². The molecule has 0 spiro atoms. The van der Waals surface area contributed by atoms with Crippen molar-refractivity contribution in [2.75, 3.05) is 25.6 Å². The van der Waals surface area contributed by atoms with Gasteiger partial charge in [0.2, 0.25) is 0 Å². The summed E-state index contributed by atoms with van der Waals surface area (Å²) >= 11 is 3.48. The zero-order valence-corrected chi connectivity index (χ0v) is 12.0. The molecule has 17 heavy (non-hydrogen) atoms. The predicted molar refractivity (Wildman–Crippen MR) is 74.5 cm³/mol. The Morgan fingerprint density at radius 3 is 2.53 bits per heavy atom. The van der Waals surface area contributed by atoms with Crippen LogP contribution in [0.1, 0.15) is 25.8 Å². The summed E-state index contributed by atoms with van der Waals surface area (Å²) in [6.07, 6.45) is 1.99. The number of halogens is 1. The van der Waals surface area contributed by atoms with Crippen molar-refractivity contribution in [1.29, 1.82) is 0 Å². The van der Waals surface area contributed by atoms with Crippen LogP contribution in [0.3, 0.4) is 0 Å². The van der Waals surface area contributed by atoms with Gasteiger partial charge in [-0.1, -0.05) is 13.8 Å². The maximum absolute atomic E-state index is 5.94. The van der Waals surface area contributed by atoms with Crippen LogP contribution >= 0.6 is 15.9 Å². The molecule has 0 heterocycles. The van der Waals surface area contributed by atoms with Crippen LogP contribution in [0.15, 0.2) is 16.6 Å². The van der Waals surface area contributed by atoms with Gasteiger partial charge >= 0.3 is 0 Å². The molecule has 0 atom stereocenters. The topological polar surface area (TPSA) is 44.5 Å². The highest BCUT2D eigenvalue weighted by Gasteiger charge is 2.07. The number of benzene rings is 1. The first-order chi connectivity index (χ1) is 8.19. The summed E-state index contributed by atoms with van der Waals surface area (Å²) in [5, 5.41) is 0. The molecular weight excluding hydrogens is 282 g/mol. The molecule has 0 unspecified atom stereocenters. The number of hydrogen-bond donors (Lipinski definition) is 1. The monoisotopic (exact) mass is 301 g/mol. The Morgan fingerprint density at radius 2 is 1.94 bits per heavy atom. The molecule has 0 aromatic heterocycles. The number of nitrogens with two attached hydrogens (primary N) is 1. The van der Waals surface area contributed by atoms with Gasteiger partial charge in [-0.3, -0.25) is 0 Å². The molecule has 0 fully saturated rings. The van der Waals surface area contributed by atoms with Gasteiger partial charge in [0.15, 0.2) is 5.75 Å². The average molecular weight is 302 g/mol. The van der Waals surface area contributed by atoms with Gasteiger partial charge in [0.1, 0.15) is 6.61 Å². The van der Waals surface area contributed by atoms with E-state index in [-0.39, 0.29) is 0 Å². The lowest BCUT2D eigenvalue weighted by molar-refractivity contribution is 0.101. The number of ether oxygens (including phenoxy) is 2. The van der Waals surface area contributed by atoms with E-state index in [1.54, 1.807) is 0 Å². The van der Waals surface area contributed by atoms with Crippen LogP contribution in [-0.2, 0) is 11.2 Å². The SMILES string of the molecule is CCCOCCOc1c(N)cc(CC)cc1Br. The van der Waals surface area contributed by atoms with Crippen LogP contribution < -0.4 is 10.5 Å². The Morgan fingerprint density at radius 1 is 1.18 bits per heavy atom. The fourth-order valence-corrected chi connectivity index (χ4v) is 2.12. The number of nitrogen functional groups attached to an aromatic ring is 1. The van der Waals surface area contributed by atoms with Crippen molar-refractivity contribution in [3.05, 3.63) is 22.2 Å². The van der Waals surface area contributed by atoms with Crippen LogP contribution in [-0.4, -0.2) is 19.8 Å². The first kappa shape index (κ1) is 14.3. The minimum Gasteiger partial charge on any atom is -0.488 e. The maximum Gasteiger partial charge on any atom is 0.156 e. The van der Waals surface area contributed by atoms with Gasteiger partial charge in [-0.25, -0.2) is 0 Å². The van der Waals surface area contributed by atoms with E-state index >= 15 is 0 Å². The molecule has 0 aliphatic heterocycles. The molecule has 0 aliphatic carbocycles. The fraction of sp³-hybridized carbons (Fsp3) is 0.538. The van der Waals surface area contributed by atoms with E-state index in [4.69, 9.17) is 15.2 Å². The van der Waals surface area contributed by atoms with Gasteiger partial charge < -0.3 is 15.2 Å². The second kappa shape index (κ2) is 7.56. The lowest BCUT2D eigenvalue weighted by Crippen LogP contribution is -2.09. The molecule has 0 amide bonds. The summed E-state index contributed by atoms with van der Waals surface area (Å²) in [6.45, 7) is 6.07. The van der Waals surface area contributed by atoms with Crippen LogP contribution in [0.2, 0.25) is 0 Å². The third-order valence-corrected chi connectivity index (χ3v) is 2.95. The highest BCUT2D eigenvalue weighted by molar-refractivity contribution is 9.10. The van der Waals surface area contributed by atoms with Crippen LogP contribution in [0, 0.1) is 0 Å². The molecule has 1 aromatic carbocycles.